The van der Waals surface area contributed by atoms with Crippen molar-refractivity contribution >= 4 is 49.1 Å². The Bertz CT molecular complexity index is 687. The van der Waals surface area contributed by atoms with Gasteiger partial charge in [0.05, 0.1) is 11.3 Å². The lowest BCUT2D eigenvalue weighted by Gasteiger charge is -2.11. The number of phenols is 1. The molecule has 0 saturated heterocycles. The highest BCUT2D eigenvalue weighted by Gasteiger charge is 2.13. The van der Waals surface area contributed by atoms with Gasteiger partial charge in [0.1, 0.15) is 5.75 Å². The summed E-state index contributed by atoms with van der Waals surface area (Å²) in [5.74, 6) is -0.493. The quantitative estimate of drug-likeness (QED) is 0.666. The van der Waals surface area contributed by atoms with Crippen LogP contribution < -0.4 is 11.1 Å². The molecule has 104 valence electrons. The summed E-state index contributed by atoms with van der Waals surface area (Å²) in [7, 11) is 0. The van der Waals surface area contributed by atoms with Gasteiger partial charge in [-0.1, -0.05) is 15.9 Å². The molecule has 0 aliphatic rings. The molecule has 4 N–H and O–H groups in total. The number of nitrogens with one attached hydrogen (secondary N) is 1. The average Bonchev–Trinajstić information content (AvgIpc) is 2.35. The predicted octanol–water partition coefficient (Wildman–Crippen LogP) is 4.06. The highest BCUT2D eigenvalue weighted by atomic mass is 79.9. The molecule has 4 nitrogen and oxygen atoms in total. The van der Waals surface area contributed by atoms with Crippen molar-refractivity contribution in [3.63, 3.8) is 0 Å². The van der Waals surface area contributed by atoms with Crippen molar-refractivity contribution < 1.29 is 9.90 Å². The van der Waals surface area contributed by atoms with Crippen molar-refractivity contribution in [2.24, 2.45) is 0 Å². The van der Waals surface area contributed by atoms with Crippen LogP contribution in [0.4, 0.5) is 11.4 Å². The van der Waals surface area contributed by atoms with E-state index in [9.17, 15) is 9.90 Å². The first-order chi connectivity index (χ1) is 9.38. The maximum atomic E-state index is 12.1. The number of hydrogen-bond acceptors (Lipinski definition) is 3. The second-order valence-electron chi connectivity index (χ2n) is 4.30. The third kappa shape index (κ3) is 3.13. The Labute approximate surface area is 133 Å². The standard InChI is InChI=1S/C14H12Br2N2O2/c1-7-4-10(16)12(6-11(7)17)18-14(20)9-3-2-8(15)5-13(9)19/h2-6,19H,17H2,1H3,(H,18,20). The number of carbonyl (C=O) groups excluding carboxylic acids is 1. The molecule has 0 fully saturated rings. The molecule has 2 aromatic carbocycles. The number of carbonyl (C=O) groups is 1. The molecule has 0 aliphatic carbocycles. The van der Waals surface area contributed by atoms with Crippen LogP contribution in [-0.2, 0) is 0 Å². The largest absolute Gasteiger partial charge is 0.507 e. The zero-order chi connectivity index (χ0) is 14.9. The van der Waals surface area contributed by atoms with Gasteiger partial charge >= 0.3 is 0 Å². The van der Waals surface area contributed by atoms with Crippen molar-refractivity contribution in [3.8, 4) is 5.75 Å². The SMILES string of the molecule is Cc1cc(Br)c(NC(=O)c2ccc(Br)cc2O)cc1N. The molecule has 0 bridgehead atoms. The number of anilines is 2. The molecule has 20 heavy (non-hydrogen) atoms. The number of amides is 1. The number of nitrogen functional groups attached to an aromatic ring is 1. The molecule has 0 heterocycles. The fraction of sp³-hybridized carbons (Fsp3) is 0.0714. The van der Waals surface area contributed by atoms with Gasteiger partial charge in [0, 0.05) is 14.6 Å². The van der Waals surface area contributed by atoms with E-state index >= 15 is 0 Å². The van der Waals surface area contributed by atoms with Gasteiger partial charge in [-0.25, -0.2) is 0 Å². The van der Waals surface area contributed by atoms with Crippen LogP contribution >= 0.6 is 31.9 Å². The first kappa shape index (κ1) is 14.9. The van der Waals surface area contributed by atoms with E-state index in [0.717, 1.165) is 10.0 Å². The number of phenolic OH excluding ortho intramolecular Hbond substituents is 1. The number of hydrogen-bond donors (Lipinski definition) is 3. The van der Waals surface area contributed by atoms with Gasteiger partial charge in [-0.15, -0.1) is 0 Å². The zero-order valence-electron chi connectivity index (χ0n) is 10.6. The van der Waals surface area contributed by atoms with E-state index in [0.29, 0.717) is 15.8 Å². The molecule has 2 rings (SSSR count). The van der Waals surface area contributed by atoms with Gasteiger partial charge in [-0.3, -0.25) is 4.79 Å². The molecule has 0 radical (unpaired) electrons. The Morgan fingerprint density at radius 2 is 1.95 bits per heavy atom. The predicted molar refractivity (Wildman–Crippen MR) is 87.1 cm³/mol. The van der Waals surface area contributed by atoms with Crippen molar-refractivity contribution in [2.45, 2.75) is 6.92 Å². The Kier molecular flexibility index (Phi) is 4.35. The molecule has 0 unspecified atom stereocenters. The molecule has 0 atom stereocenters. The number of benzene rings is 2. The zero-order valence-corrected chi connectivity index (χ0v) is 13.7. The monoisotopic (exact) mass is 398 g/mol. The van der Waals surface area contributed by atoms with Crippen LogP contribution in [-0.4, -0.2) is 11.0 Å². The summed E-state index contributed by atoms with van der Waals surface area (Å²) < 4.78 is 1.43. The molecule has 0 aliphatic heterocycles. The van der Waals surface area contributed by atoms with E-state index in [1.807, 2.05) is 13.0 Å². The van der Waals surface area contributed by atoms with Crippen molar-refractivity contribution in [3.05, 3.63) is 50.4 Å². The Morgan fingerprint density at radius 3 is 2.60 bits per heavy atom. The van der Waals surface area contributed by atoms with Gasteiger partial charge < -0.3 is 16.2 Å². The minimum atomic E-state index is -0.404. The van der Waals surface area contributed by atoms with Crippen LogP contribution in [0, 0.1) is 6.92 Å². The van der Waals surface area contributed by atoms with Gasteiger partial charge in [-0.05, 0) is 58.7 Å². The number of aryl methyl sites for hydroxylation is 1. The van der Waals surface area contributed by atoms with Gasteiger partial charge in [-0.2, -0.15) is 0 Å². The lowest BCUT2D eigenvalue weighted by atomic mass is 10.1. The lowest BCUT2D eigenvalue weighted by molar-refractivity contribution is 0.102. The summed E-state index contributed by atoms with van der Waals surface area (Å²) in [5, 5.41) is 12.5. The van der Waals surface area contributed by atoms with Gasteiger partial charge in [0.2, 0.25) is 0 Å². The number of aromatic hydroxyl groups is 1. The van der Waals surface area contributed by atoms with E-state index in [1.165, 1.54) is 6.07 Å². The lowest BCUT2D eigenvalue weighted by Crippen LogP contribution is -2.13. The van der Waals surface area contributed by atoms with Gasteiger partial charge in [0.25, 0.3) is 5.91 Å². The van der Waals surface area contributed by atoms with Crippen molar-refractivity contribution in [1.82, 2.24) is 0 Å². The van der Waals surface area contributed by atoms with E-state index < -0.39 is 5.91 Å². The number of halogens is 2. The molecular weight excluding hydrogens is 388 g/mol. The van der Waals surface area contributed by atoms with Crippen molar-refractivity contribution in [2.75, 3.05) is 11.1 Å². The van der Waals surface area contributed by atoms with Crippen LogP contribution in [0.5, 0.6) is 5.75 Å². The summed E-state index contributed by atoms with van der Waals surface area (Å²) in [4.78, 5) is 12.1. The smallest absolute Gasteiger partial charge is 0.259 e. The normalized spacial score (nSPS) is 10.3. The maximum absolute atomic E-state index is 12.1. The molecular formula is C14H12Br2N2O2. The van der Waals surface area contributed by atoms with E-state index in [1.54, 1.807) is 18.2 Å². The molecule has 1 amide bonds. The Balaban J connectivity index is 2.30. The number of rotatable bonds is 2. The Morgan fingerprint density at radius 1 is 1.25 bits per heavy atom. The summed E-state index contributed by atoms with van der Waals surface area (Å²) >= 11 is 6.60. The van der Waals surface area contributed by atoms with Crippen LogP contribution in [0.3, 0.4) is 0 Å². The second kappa shape index (κ2) is 5.85. The third-order valence-electron chi connectivity index (χ3n) is 2.81. The molecule has 0 spiro atoms. The summed E-state index contributed by atoms with van der Waals surface area (Å²) in [6, 6.07) is 8.19. The summed E-state index contributed by atoms with van der Waals surface area (Å²) in [6.07, 6.45) is 0. The number of nitrogens with two attached hydrogens (primary N) is 1. The van der Waals surface area contributed by atoms with E-state index in [-0.39, 0.29) is 11.3 Å². The summed E-state index contributed by atoms with van der Waals surface area (Å²) in [5.41, 5.74) is 8.08. The molecule has 6 heteroatoms. The minimum absolute atomic E-state index is 0.0897. The van der Waals surface area contributed by atoms with Crippen molar-refractivity contribution in [1.29, 1.82) is 0 Å². The Hall–Kier alpha value is -1.53. The topological polar surface area (TPSA) is 75.3 Å². The maximum Gasteiger partial charge on any atom is 0.259 e. The van der Waals surface area contributed by atoms with Gasteiger partial charge in [0.15, 0.2) is 0 Å². The van der Waals surface area contributed by atoms with E-state index in [2.05, 4.69) is 37.2 Å². The minimum Gasteiger partial charge on any atom is -0.507 e. The van der Waals surface area contributed by atoms with Crippen LogP contribution in [0.15, 0.2) is 39.3 Å². The fourth-order valence-electron chi connectivity index (χ4n) is 1.67. The van der Waals surface area contributed by atoms with Crippen LogP contribution in [0.2, 0.25) is 0 Å². The third-order valence-corrected chi connectivity index (χ3v) is 3.96. The summed E-state index contributed by atoms with van der Waals surface area (Å²) in [6.45, 7) is 1.88. The van der Waals surface area contributed by atoms with E-state index in [4.69, 9.17) is 5.73 Å². The molecule has 0 aromatic heterocycles. The highest BCUT2D eigenvalue weighted by Crippen LogP contribution is 2.29. The second-order valence-corrected chi connectivity index (χ2v) is 6.07. The van der Waals surface area contributed by atoms with Crippen LogP contribution in [0.25, 0.3) is 0 Å². The fourth-order valence-corrected chi connectivity index (χ4v) is 2.58. The van der Waals surface area contributed by atoms with Crippen LogP contribution in [0.1, 0.15) is 15.9 Å². The highest BCUT2D eigenvalue weighted by molar-refractivity contribution is 9.10. The average molecular weight is 400 g/mol. The first-order valence-corrected chi connectivity index (χ1v) is 7.32. The molecule has 2 aromatic rings. The molecule has 0 saturated carbocycles. The first-order valence-electron chi connectivity index (χ1n) is 5.74.